The minimum atomic E-state index is 0.102. The van der Waals surface area contributed by atoms with Gasteiger partial charge >= 0.3 is 0 Å². The highest BCUT2D eigenvalue weighted by atomic mass is 16.6. The maximum Gasteiger partial charge on any atom is 0.101 e. The third-order valence-corrected chi connectivity index (χ3v) is 6.24. The number of allylic oxidation sites excluding steroid dienone is 1. The van der Waals surface area contributed by atoms with Crippen molar-refractivity contribution in [1.29, 1.82) is 0 Å². The molecule has 2 aliphatic carbocycles. The van der Waals surface area contributed by atoms with Crippen molar-refractivity contribution in [3.8, 4) is 0 Å². The zero-order valence-electron chi connectivity index (χ0n) is 13.2. The highest BCUT2D eigenvalue weighted by Crippen LogP contribution is 2.68. The summed E-state index contributed by atoms with van der Waals surface area (Å²) in [5.41, 5.74) is 2.28. The van der Waals surface area contributed by atoms with Gasteiger partial charge in [-0.25, -0.2) is 0 Å². The van der Waals surface area contributed by atoms with Crippen molar-refractivity contribution in [2.75, 3.05) is 0 Å². The van der Waals surface area contributed by atoms with Crippen molar-refractivity contribution >= 4 is 0 Å². The van der Waals surface area contributed by atoms with Crippen molar-refractivity contribution in [3.63, 3.8) is 0 Å². The molecule has 1 heterocycles. The molecule has 19 heavy (non-hydrogen) atoms. The summed E-state index contributed by atoms with van der Waals surface area (Å²) in [4.78, 5) is 0. The topological polar surface area (TPSA) is 9.23 Å². The predicted octanol–water partition coefficient (Wildman–Crippen LogP) is 5.25. The fourth-order valence-electron chi connectivity index (χ4n) is 5.32. The summed E-state index contributed by atoms with van der Waals surface area (Å²) in [5, 5.41) is 0. The van der Waals surface area contributed by atoms with Crippen LogP contribution in [0.25, 0.3) is 0 Å². The van der Waals surface area contributed by atoms with Gasteiger partial charge < -0.3 is 4.74 Å². The van der Waals surface area contributed by atoms with E-state index in [4.69, 9.17) is 4.74 Å². The summed E-state index contributed by atoms with van der Waals surface area (Å²) < 4.78 is 6.67. The molecule has 0 bridgehead atoms. The molecule has 0 radical (unpaired) electrons. The van der Waals surface area contributed by atoms with E-state index in [-0.39, 0.29) is 11.2 Å². The molecule has 0 aromatic carbocycles. The van der Waals surface area contributed by atoms with Crippen molar-refractivity contribution in [2.45, 2.75) is 90.3 Å². The zero-order chi connectivity index (χ0) is 13.7. The van der Waals surface area contributed by atoms with Gasteiger partial charge in [0.15, 0.2) is 0 Å². The van der Waals surface area contributed by atoms with Crippen molar-refractivity contribution < 1.29 is 4.74 Å². The number of unbranched alkanes of at least 4 members (excludes halogenated alkanes) is 1. The Labute approximate surface area is 118 Å². The molecule has 1 unspecified atom stereocenters. The maximum absolute atomic E-state index is 6.67. The summed E-state index contributed by atoms with van der Waals surface area (Å²) in [7, 11) is 0. The summed E-state index contributed by atoms with van der Waals surface area (Å²) >= 11 is 0. The molecule has 1 heteroatoms. The minimum absolute atomic E-state index is 0.102. The van der Waals surface area contributed by atoms with Crippen LogP contribution in [0, 0.1) is 11.3 Å². The van der Waals surface area contributed by atoms with E-state index < -0.39 is 0 Å². The van der Waals surface area contributed by atoms with Crippen molar-refractivity contribution in [1.82, 2.24) is 0 Å². The lowest BCUT2D eigenvalue weighted by molar-refractivity contribution is -0.351. The fraction of sp³-hybridized carbons (Fsp3) is 0.889. The number of rotatable bonds is 3. The third kappa shape index (κ3) is 1.70. The van der Waals surface area contributed by atoms with Crippen molar-refractivity contribution in [3.05, 3.63) is 11.6 Å². The Kier molecular flexibility index (Phi) is 3.13. The Morgan fingerprint density at radius 3 is 2.74 bits per heavy atom. The Morgan fingerprint density at radius 1 is 1.26 bits per heavy atom. The molecule has 3 rings (SSSR count). The molecular formula is C18H30O. The van der Waals surface area contributed by atoms with E-state index in [0.29, 0.717) is 5.41 Å². The average molecular weight is 262 g/mol. The van der Waals surface area contributed by atoms with Gasteiger partial charge in [0.1, 0.15) is 5.60 Å². The van der Waals surface area contributed by atoms with E-state index in [2.05, 4.69) is 33.8 Å². The molecule has 3 aliphatic rings. The zero-order valence-corrected chi connectivity index (χ0v) is 13.2. The molecule has 0 amide bonds. The smallest absolute Gasteiger partial charge is 0.101 e. The molecule has 1 nitrogen and oxygen atoms in total. The lowest BCUT2D eigenvalue weighted by Gasteiger charge is -2.71. The molecule has 3 atom stereocenters. The molecule has 0 N–H and O–H groups in total. The van der Waals surface area contributed by atoms with E-state index in [1.54, 1.807) is 5.57 Å². The summed E-state index contributed by atoms with van der Waals surface area (Å²) in [6.07, 6.45) is 13.1. The van der Waals surface area contributed by atoms with Gasteiger partial charge in [0.25, 0.3) is 0 Å². The molecule has 108 valence electrons. The number of hydrogen-bond donors (Lipinski definition) is 0. The Hall–Kier alpha value is -0.300. The first kappa shape index (κ1) is 13.7. The molecule has 1 spiro atoms. The molecule has 0 aromatic heterocycles. The van der Waals surface area contributed by atoms with Crippen LogP contribution in [-0.4, -0.2) is 11.2 Å². The van der Waals surface area contributed by atoms with E-state index in [1.807, 2.05) is 0 Å². The second kappa shape index (κ2) is 4.35. The van der Waals surface area contributed by atoms with Gasteiger partial charge in [-0.15, -0.1) is 0 Å². The lowest BCUT2D eigenvalue weighted by Crippen LogP contribution is -2.75. The first-order chi connectivity index (χ1) is 8.96. The number of ether oxygens (including phenoxy) is 1. The highest BCUT2D eigenvalue weighted by molar-refractivity contribution is 5.35. The van der Waals surface area contributed by atoms with Crippen LogP contribution in [0.15, 0.2) is 11.6 Å². The predicted molar refractivity (Wildman–Crippen MR) is 80.2 cm³/mol. The standard InChI is InChI=1S/C18H30O/c1-5-6-9-14-10-7-12-17(4)13-8-11-15-16(2,3)19-18(14,15)17/h10,15H,5-9,11-13H2,1-4H3/t15?,17-,18+/m0/s1. The van der Waals surface area contributed by atoms with Crippen LogP contribution in [0.1, 0.15) is 79.1 Å². The van der Waals surface area contributed by atoms with Crippen molar-refractivity contribution in [2.24, 2.45) is 11.3 Å². The maximum atomic E-state index is 6.67. The van der Waals surface area contributed by atoms with Crippen LogP contribution >= 0.6 is 0 Å². The summed E-state index contributed by atoms with van der Waals surface area (Å²) in [6.45, 7) is 9.42. The highest BCUT2D eigenvalue weighted by Gasteiger charge is 2.70. The van der Waals surface area contributed by atoms with Gasteiger partial charge in [-0.2, -0.15) is 0 Å². The van der Waals surface area contributed by atoms with E-state index in [1.165, 1.54) is 51.4 Å². The molecular weight excluding hydrogens is 232 g/mol. The molecule has 1 aliphatic heterocycles. The van der Waals surface area contributed by atoms with Crippen LogP contribution in [0.4, 0.5) is 0 Å². The van der Waals surface area contributed by atoms with E-state index in [9.17, 15) is 0 Å². The normalized spacial score (nSPS) is 43.8. The Morgan fingerprint density at radius 2 is 2.05 bits per heavy atom. The largest absolute Gasteiger partial charge is 0.363 e. The first-order valence-corrected chi connectivity index (χ1v) is 8.36. The molecule has 0 aromatic rings. The second-order valence-corrected chi connectivity index (χ2v) is 7.82. The van der Waals surface area contributed by atoms with Gasteiger partial charge in [-0.3, -0.25) is 0 Å². The summed E-state index contributed by atoms with van der Waals surface area (Å²) in [6, 6.07) is 0. The van der Waals surface area contributed by atoms with Gasteiger partial charge in [0.05, 0.1) is 5.60 Å². The van der Waals surface area contributed by atoms with Crippen LogP contribution in [0.2, 0.25) is 0 Å². The van der Waals surface area contributed by atoms with E-state index in [0.717, 1.165) is 5.92 Å². The van der Waals surface area contributed by atoms with Gasteiger partial charge in [-0.05, 0) is 57.9 Å². The SMILES string of the molecule is CCCCC1=CCC[C@@]2(C)CCCC3C(C)(C)O[C@]132. The quantitative estimate of drug-likeness (QED) is 0.631. The fourth-order valence-corrected chi connectivity index (χ4v) is 5.32. The Bertz CT molecular complexity index is 394. The average Bonchev–Trinajstić information content (AvgIpc) is 2.35. The monoisotopic (exact) mass is 262 g/mol. The molecule has 2 fully saturated rings. The van der Waals surface area contributed by atoms with Crippen LogP contribution in [0.3, 0.4) is 0 Å². The van der Waals surface area contributed by atoms with Gasteiger partial charge in [-0.1, -0.05) is 32.8 Å². The number of hydrogen-bond acceptors (Lipinski definition) is 1. The molecule has 1 saturated carbocycles. The third-order valence-electron chi connectivity index (χ3n) is 6.24. The summed E-state index contributed by atoms with van der Waals surface area (Å²) in [5.74, 6) is 0.752. The second-order valence-electron chi connectivity index (χ2n) is 7.82. The molecule has 1 saturated heterocycles. The first-order valence-electron chi connectivity index (χ1n) is 8.36. The van der Waals surface area contributed by atoms with Crippen LogP contribution in [0.5, 0.6) is 0 Å². The Balaban J connectivity index is 1.97. The van der Waals surface area contributed by atoms with Crippen LogP contribution < -0.4 is 0 Å². The lowest BCUT2D eigenvalue weighted by atomic mass is 9.46. The van der Waals surface area contributed by atoms with E-state index >= 15 is 0 Å². The van der Waals surface area contributed by atoms with Crippen LogP contribution in [-0.2, 0) is 4.74 Å². The van der Waals surface area contributed by atoms with Gasteiger partial charge in [0, 0.05) is 11.3 Å². The van der Waals surface area contributed by atoms with Gasteiger partial charge in [0.2, 0.25) is 0 Å². The minimum Gasteiger partial charge on any atom is -0.363 e.